The molecule has 0 saturated heterocycles. The van der Waals surface area contributed by atoms with Crippen molar-refractivity contribution < 1.29 is 8.78 Å². The van der Waals surface area contributed by atoms with Crippen LogP contribution in [0.15, 0.2) is 35.4 Å². The van der Waals surface area contributed by atoms with Gasteiger partial charge in [0.25, 0.3) is 5.56 Å². The van der Waals surface area contributed by atoms with E-state index in [-0.39, 0.29) is 27.0 Å². The maximum absolute atomic E-state index is 14.4. The normalized spacial score (nSPS) is 10.9. The summed E-state index contributed by atoms with van der Waals surface area (Å²) in [4.78, 5) is 13.6. The van der Waals surface area contributed by atoms with Crippen molar-refractivity contribution in [2.45, 2.75) is 0 Å². The van der Waals surface area contributed by atoms with Crippen molar-refractivity contribution in [1.82, 2.24) is 20.0 Å². The van der Waals surface area contributed by atoms with E-state index in [1.807, 2.05) is 0 Å². The number of hydrogen-bond acceptors (Lipinski definition) is 3. The molecule has 3 rings (SSSR count). The van der Waals surface area contributed by atoms with E-state index in [4.69, 9.17) is 23.2 Å². The minimum absolute atomic E-state index is 0.0766. The summed E-state index contributed by atoms with van der Waals surface area (Å²) in [6.45, 7) is 0. The van der Waals surface area contributed by atoms with E-state index in [1.165, 1.54) is 30.6 Å². The molecule has 9 heteroatoms. The van der Waals surface area contributed by atoms with E-state index in [9.17, 15) is 13.6 Å². The number of aromatic amines is 1. The highest BCUT2D eigenvalue weighted by atomic mass is 35.5. The second-order valence-electron chi connectivity index (χ2n) is 4.28. The predicted octanol–water partition coefficient (Wildman–Crippen LogP) is 3.21. The van der Waals surface area contributed by atoms with Crippen molar-refractivity contribution in [1.29, 1.82) is 0 Å². The maximum atomic E-state index is 14.4. The smallest absolute Gasteiger partial charge is 0.284 e. The topological polar surface area (TPSA) is 63.6 Å². The van der Waals surface area contributed by atoms with Crippen molar-refractivity contribution in [3.8, 4) is 16.8 Å². The molecular weight excluding hydrogens is 337 g/mol. The summed E-state index contributed by atoms with van der Waals surface area (Å²) in [7, 11) is 0. The van der Waals surface area contributed by atoms with Crippen LogP contribution in [0.5, 0.6) is 0 Å². The van der Waals surface area contributed by atoms with Crippen molar-refractivity contribution in [3.05, 3.63) is 62.8 Å². The third kappa shape index (κ3) is 2.38. The van der Waals surface area contributed by atoms with Crippen LogP contribution < -0.4 is 5.56 Å². The second kappa shape index (κ2) is 5.51. The summed E-state index contributed by atoms with van der Waals surface area (Å²) >= 11 is 11.5. The second-order valence-corrected chi connectivity index (χ2v) is 5.07. The van der Waals surface area contributed by atoms with Gasteiger partial charge in [-0.05, 0) is 18.2 Å². The zero-order valence-electron chi connectivity index (χ0n) is 10.6. The van der Waals surface area contributed by atoms with E-state index in [1.54, 1.807) is 0 Å². The molecule has 0 fully saturated rings. The molecule has 0 aliphatic carbocycles. The van der Waals surface area contributed by atoms with Gasteiger partial charge in [0.15, 0.2) is 16.8 Å². The molecule has 0 unspecified atom stereocenters. The maximum Gasteiger partial charge on any atom is 0.284 e. The van der Waals surface area contributed by atoms with Gasteiger partial charge in [-0.1, -0.05) is 28.4 Å². The van der Waals surface area contributed by atoms with Crippen LogP contribution >= 0.6 is 23.2 Å². The molecule has 0 saturated carbocycles. The Bertz CT molecular complexity index is 923. The predicted molar refractivity (Wildman–Crippen MR) is 77.4 cm³/mol. The molecule has 22 heavy (non-hydrogen) atoms. The van der Waals surface area contributed by atoms with Gasteiger partial charge in [-0.2, -0.15) is 0 Å². The lowest BCUT2D eigenvalue weighted by Gasteiger charge is -2.12. The summed E-state index contributed by atoms with van der Waals surface area (Å²) in [6.07, 6.45) is 2.53. The van der Waals surface area contributed by atoms with Crippen molar-refractivity contribution in [2.75, 3.05) is 0 Å². The fourth-order valence-corrected chi connectivity index (χ4v) is 2.29. The van der Waals surface area contributed by atoms with Gasteiger partial charge >= 0.3 is 0 Å². The van der Waals surface area contributed by atoms with Gasteiger partial charge in [-0.3, -0.25) is 4.79 Å². The number of nitrogens with one attached hydrogen (secondary N) is 1. The summed E-state index contributed by atoms with van der Waals surface area (Å²) in [5, 5.41) is 7.15. The number of halogens is 4. The van der Waals surface area contributed by atoms with Crippen LogP contribution in [0.25, 0.3) is 16.8 Å². The first-order chi connectivity index (χ1) is 10.5. The molecular formula is C13H6Cl2F2N4O. The molecule has 3 aromatic rings. The van der Waals surface area contributed by atoms with E-state index < -0.39 is 17.2 Å². The van der Waals surface area contributed by atoms with Crippen LogP contribution in [-0.4, -0.2) is 20.0 Å². The first-order valence-electron chi connectivity index (χ1n) is 5.93. The van der Waals surface area contributed by atoms with Gasteiger partial charge in [0.2, 0.25) is 0 Å². The molecule has 0 amide bonds. The van der Waals surface area contributed by atoms with Gasteiger partial charge in [0, 0.05) is 17.3 Å². The number of pyridine rings is 1. The van der Waals surface area contributed by atoms with Gasteiger partial charge in [-0.15, -0.1) is 5.10 Å². The molecule has 0 spiro atoms. The molecule has 0 bridgehead atoms. The lowest BCUT2D eigenvalue weighted by atomic mass is 10.0. The van der Waals surface area contributed by atoms with Crippen LogP contribution in [0, 0.1) is 11.6 Å². The molecule has 0 atom stereocenters. The van der Waals surface area contributed by atoms with Crippen molar-refractivity contribution in [3.63, 3.8) is 0 Å². The molecule has 2 aromatic heterocycles. The van der Waals surface area contributed by atoms with Gasteiger partial charge < -0.3 is 4.98 Å². The first kappa shape index (κ1) is 14.7. The molecule has 5 nitrogen and oxygen atoms in total. The van der Waals surface area contributed by atoms with Crippen molar-refractivity contribution >= 4 is 23.2 Å². The molecule has 1 aromatic carbocycles. The molecule has 1 N–H and O–H groups in total. The van der Waals surface area contributed by atoms with E-state index >= 15 is 0 Å². The third-order valence-corrected chi connectivity index (χ3v) is 3.42. The molecule has 0 aliphatic rings. The summed E-state index contributed by atoms with van der Waals surface area (Å²) in [5.74, 6) is -2.01. The van der Waals surface area contributed by atoms with Crippen LogP contribution in [0.4, 0.5) is 8.78 Å². The fraction of sp³-hybridized carbons (Fsp3) is 0. The quantitative estimate of drug-likeness (QED) is 0.777. The molecule has 2 heterocycles. The van der Waals surface area contributed by atoms with Gasteiger partial charge in [0.1, 0.15) is 0 Å². The number of H-pyrrole nitrogens is 1. The van der Waals surface area contributed by atoms with E-state index in [2.05, 4.69) is 15.3 Å². The first-order valence-corrected chi connectivity index (χ1v) is 6.68. The van der Waals surface area contributed by atoms with Crippen LogP contribution in [0.3, 0.4) is 0 Å². The Morgan fingerprint density at radius 3 is 2.59 bits per heavy atom. The minimum atomic E-state index is -1.13. The van der Waals surface area contributed by atoms with Crippen LogP contribution in [0.2, 0.25) is 10.2 Å². The minimum Gasteiger partial charge on any atom is -0.327 e. The Kier molecular flexibility index (Phi) is 3.67. The Balaban J connectivity index is 2.37. The Labute approximate surface area is 132 Å². The summed E-state index contributed by atoms with van der Waals surface area (Å²) in [6, 6.07) is 3.94. The fourth-order valence-electron chi connectivity index (χ4n) is 2.00. The number of benzene rings is 1. The summed E-state index contributed by atoms with van der Waals surface area (Å²) < 4.78 is 29.7. The summed E-state index contributed by atoms with van der Waals surface area (Å²) in [5.41, 5.74) is -1.28. The highest BCUT2D eigenvalue weighted by Gasteiger charge is 2.21. The highest BCUT2D eigenvalue weighted by molar-refractivity contribution is 6.31. The molecule has 0 radical (unpaired) electrons. The monoisotopic (exact) mass is 342 g/mol. The lowest BCUT2D eigenvalue weighted by Crippen LogP contribution is -2.12. The molecule has 0 aliphatic heterocycles. The van der Waals surface area contributed by atoms with Crippen molar-refractivity contribution in [2.24, 2.45) is 0 Å². The standard InChI is InChI=1S/C13H6Cl2F2N4O/c14-7-1-2-8(21-5-9(15)19-20-21)10(12(7)17)6-3-4-18-13(22)11(6)16/h1-5H,(H,18,22). The van der Waals surface area contributed by atoms with E-state index in [0.29, 0.717) is 0 Å². The largest absolute Gasteiger partial charge is 0.327 e. The van der Waals surface area contributed by atoms with Gasteiger partial charge in [0.05, 0.1) is 16.9 Å². The molecule has 112 valence electrons. The van der Waals surface area contributed by atoms with Crippen LogP contribution in [0.1, 0.15) is 0 Å². The number of hydrogen-bond donors (Lipinski definition) is 1. The third-order valence-electron chi connectivity index (χ3n) is 2.95. The average molecular weight is 343 g/mol. The SMILES string of the molecule is O=c1[nH]ccc(-c2c(-n3cc(Cl)nn3)ccc(Cl)c2F)c1F. The number of nitrogens with zero attached hydrogens (tertiary/aromatic N) is 3. The Morgan fingerprint density at radius 1 is 1.14 bits per heavy atom. The lowest BCUT2D eigenvalue weighted by molar-refractivity contribution is 0.602. The highest BCUT2D eigenvalue weighted by Crippen LogP contribution is 2.34. The zero-order chi connectivity index (χ0) is 15.9. The Hall–Kier alpha value is -2.25. The van der Waals surface area contributed by atoms with Gasteiger partial charge in [-0.25, -0.2) is 13.5 Å². The number of aromatic nitrogens is 4. The number of rotatable bonds is 2. The van der Waals surface area contributed by atoms with Crippen LogP contribution in [-0.2, 0) is 0 Å². The van der Waals surface area contributed by atoms with E-state index in [0.717, 1.165) is 4.68 Å². The zero-order valence-corrected chi connectivity index (χ0v) is 12.2. The Morgan fingerprint density at radius 2 is 1.91 bits per heavy atom. The average Bonchev–Trinajstić information content (AvgIpc) is 2.91.